The largest absolute Gasteiger partial charge is 0.455 e. The van der Waals surface area contributed by atoms with Crippen LogP contribution in [0, 0.1) is 0 Å². The summed E-state index contributed by atoms with van der Waals surface area (Å²) in [4.78, 5) is 16.8. The highest BCUT2D eigenvalue weighted by atomic mass is 32.1. The summed E-state index contributed by atoms with van der Waals surface area (Å²) in [6.45, 7) is 6.74. The van der Waals surface area contributed by atoms with Gasteiger partial charge in [-0.3, -0.25) is 4.68 Å². The lowest BCUT2D eigenvalue weighted by atomic mass is 10.1. The van der Waals surface area contributed by atoms with E-state index in [1.54, 1.807) is 16.0 Å². The first-order chi connectivity index (χ1) is 11.1. The first kappa shape index (κ1) is 17.6. The molecule has 0 radical (unpaired) electrons. The van der Waals surface area contributed by atoms with Gasteiger partial charge in [-0.05, 0) is 6.42 Å². The van der Waals surface area contributed by atoms with Crippen LogP contribution in [0.1, 0.15) is 59.9 Å². The van der Waals surface area contributed by atoms with Crippen LogP contribution in [0.3, 0.4) is 0 Å². The average molecular weight is 337 g/mol. The van der Waals surface area contributed by atoms with Crippen LogP contribution in [0.2, 0.25) is 0 Å². The molecule has 0 aliphatic carbocycles. The fraction of sp³-hybridized carbons (Fsp3) is 0.562. The average Bonchev–Trinajstić information content (AvgIpc) is 3.14. The van der Waals surface area contributed by atoms with Gasteiger partial charge in [-0.15, -0.1) is 11.3 Å². The minimum Gasteiger partial charge on any atom is -0.455 e. The molecule has 6 nitrogen and oxygen atoms in total. The number of aliphatic hydroxyl groups excluding tert-OH is 1. The van der Waals surface area contributed by atoms with Crippen molar-refractivity contribution in [1.82, 2.24) is 14.8 Å². The van der Waals surface area contributed by atoms with Gasteiger partial charge in [0.05, 0.1) is 35.7 Å². The van der Waals surface area contributed by atoms with Crippen LogP contribution in [0.4, 0.5) is 0 Å². The number of carbonyl (C=O) groups is 1. The summed E-state index contributed by atoms with van der Waals surface area (Å²) in [6, 6.07) is 0. The van der Waals surface area contributed by atoms with Gasteiger partial charge in [0.15, 0.2) is 0 Å². The van der Waals surface area contributed by atoms with Crippen LogP contribution >= 0.6 is 11.3 Å². The predicted octanol–water partition coefficient (Wildman–Crippen LogP) is 2.76. The minimum atomic E-state index is -0.392. The van der Waals surface area contributed by atoms with Crippen molar-refractivity contribution in [3.63, 3.8) is 0 Å². The zero-order chi connectivity index (χ0) is 16.8. The number of nitrogens with zero attached hydrogens (tertiary/aromatic N) is 3. The normalized spacial score (nSPS) is 11.2. The Kier molecular flexibility index (Phi) is 6.29. The van der Waals surface area contributed by atoms with Crippen molar-refractivity contribution in [2.24, 2.45) is 0 Å². The zero-order valence-corrected chi connectivity index (χ0v) is 14.6. The fourth-order valence-electron chi connectivity index (χ4n) is 2.24. The number of aliphatic hydroxyl groups is 1. The number of hydrogen-bond acceptors (Lipinski definition) is 6. The van der Waals surface area contributed by atoms with E-state index >= 15 is 0 Å². The molecule has 2 rings (SSSR count). The number of carbonyl (C=O) groups excluding carboxylic acids is 1. The molecule has 2 aromatic rings. The van der Waals surface area contributed by atoms with Gasteiger partial charge in [0.1, 0.15) is 12.2 Å². The van der Waals surface area contributed by atoms with Crippen LogP contribution in [0.25, 0.3) is 0 Å². The van der Waals surface area contributed by atoms with Crippen LogP contribution in [0.15, 0.2) is 11.6 Å². The lowest BCUT2D eigenvalue weighted by Crippen LogP contribution is -2.12. The van der Waals surface area contributed by atoms with Crippen molar-refractivity contribution in [2.75, 3.05) is 6.61 Å². The third-order valence-corrected chi connectivity index (χ3v) is 4.58. The van der Waals surface area contributed by atoms with Crippen molar-refractivity contribution >= 4 is 17.3 Å². The maximum absolute atomic E-state index is 12.3. The van der Waals surface area contributed by atoms with E-state index in [9.17, 15) is 4.79 Å². The summed E-state index contributed by atoms with van der Waals surface area (Å²) >= 11 is 1.58. The summed E-state index contributed by atoms with van der Waals surface area (Å²) < 4.78 is 7.04. The summed E-state index contributed by atoms with van der Waals surface area (Å²) in [6.07, 6.45) is 3.13. The summed E-state index contributed by atoms with van der Waals surface area (Å²) in [7, 11) is 0. The SMILES string of the molecule is CCCc1c(C(=O)OCc2csc(C(C)C)n2)cnn1CCO. The van der Waals surface area contributed by atoms with Gasteiger partial charge in [-0.1, -0.05) is 27.2 Å². The van der Waals surface area contributed by atoms with E-state index in [1.807, 2.05) is 12.3 Å². The number of aromatic nitrogens is 3. The predicted molar refractivity (Wildman–Crippen MR) is 88.6 cm³/mol. The molecule has 0 amide bonds. The van der Waals surface area contributed by atoms with Gasteiger partial charge in [-0.25, -0.2) is 9.78 Å². The van der Waals surface area contributed by atoms with E-state index in [1.165, 1.54) is 6.20 Å². The number of rotatable bonds is 8. The number of ether oxygens (including phenoxy) is 1. The van der Waals surface area contributed by atoms with Crippen LogP contribution in [-0.2, 0) is 24.3 Å². The molecule has 23 heavy (non-hydrogen) atoms. The van der Waals surface area contributed by atoms with E-state index in [0.717, 1.165) is 29.2 Å². The highest BCUT2D eigenvalue weighted by molar-refractivity contribution is 7.09. The van der Waals surface area contributed by atoms with Gasteiger partial charge in [0, 0.05) is 11.3 Å². The maximum atomic E-state index is 12.3. The molecule has 7 heteroatoms. The quantitative estimate of drug-likeness (QED) is 0.750. The van der Waals surface area contributed by atoms with E-state index < -0.39 is 5.97 Å². The number of esters is 1. The molecule has 1 N–H and O–H groups in total. The fourth-order valence-corrected chi connectivity index (χ4v) is 3.06. The number of thiazole rings is 1. The standard InChI is InChI=1S/C16H23N3O3S/c1-4-5-14-13(8-17-19(14)6-7-20)16(21)22-9-12-10-23-15(18-12)11(2)3/h8,10-11,20H,4-7,9H2,1-3H3. The molecule has 0 atom stereocenters. The van der Waals surface area contributed by atoms with Crippen molar-refractivity contribution in [1.29, 1.82) is 0 Å². The van der Waals surface area contributed by atoms with Crippen molar-refractivity contribution in [2.45, 2.75) is 52.7 Å². The van der Waals surface area contributed by atoms with E-state index in [4.69, 9.17) is 9.84 Å². The minimum absolute atomic E-state index is 0.0102. The Hall–Kier alpha value is -1.73. The molecule has 0 aliphatic heterocycles. The molecule has 0 aliphatic rings. The second kappa shape index (κ2) is 8.21. The Balaban J connectivity index is 2.04. The molecule has 0 bridgehead atoms. The lowest BCUT2D eigenvalue weighted by molar-refractivity contribution is 0.0466. The van der Waals surface area contributed by atoms with E-state index in [0.29, 0.717) is 18.0 Å². The monoisotopic (exact) mass is 337 g/mol. The third kappa shape index (κ3) is 4.39. The molecule has 0 saturated heterocycles. The Morgan fingerprint density at radius 3 is 2.87 bits per heavy atom. The first-order valence-corrected chi connectivity index (χ1v) is 8.71. The van der Waals surface area contributed by atoms with Crippen molar-refractivity contribution in [3.05, 3.63) is 33.5 Å². The molecule has 2 aromatic heterocycles. The molecule has 2 heterocycles. The molecule has 0 spiro atoms. The molecule has 0 fully saturated rings. The summed E-state index contributed by atoms with van der Waals surface area (Å²) in [5, 5.41) is 16.2. The second-order valence-electron chi connectivity index (χ2n) is 5.61. The Labute approximate surface area is 140 Å². The molecule has 0 aromatic carbocycles. The van der Waals surface area contributed by atoms with E-state index in [2.05, 4.69) is 23.9 Å². The van der Waals surface area contributed by atoms with Gasteiger partial charge >= 0.3 is 5.97 Å². The van der Waals surface area contributed by atoms with Crippen molar-refractivity contribution < 1.29 is 14.6 Å². The topological polar surface area (TPSA) is 77.2 Å². The van der Waals surface area contributed by atoms with Gasteiger partial charge in [0.25, 0.3) is 0 Å². The van der Waals surface area contributed by atoms with Gasteiger partial charge in [-0.2, -0.15) is 5.10 Å². The van der Waals surface area contributed by atoms with Gasteiger partial charge < -0.3 is 9.84 Å². The van der Waals surface area contributed by atoms with Crippen LogP contribution < -0.4 is 0 Å². The van der Waals surface area contributed by atoms with E-state index in [-0.39, 0.29) is 13.2 Å². The molecular weight excluding hydrogens is 314 g/mol. The Morgan fingerprint density at radius 1 is 1.48 bits per heavy atom. The Morgan fingerprint density at radius 2 is 2.26 bits per heavy atom. The van der Waals surface area contributed by atoms with Crippen LogP contribution in [-0.4, -0.2) is 32.4 Å². The third-order valence-electron chi connectivity index (χ3n) is 3.38. The summed E-state index contributed by atoms with van der Waals surface area (Å²) in [5.41, 5.74) is 2.05. The van der Waals surface area contributed by atoms with Gasteiger partial charge in [0.2, 0.25) is 0 Å². The Bertz CT molecular complexity index is 649. The van der Waals surface area contributed by atoms with Crippen LogP contribution in [0.5, 0.6) is 0 Å². The zero-order valence-electron chi connectivity index (χ0n) is 13.8. The molecular formula is C16H23N3O3S. The maximum Gasteiger partial charge on any atom is 0.342 e. The first-order valence-electron chi connectivity index (χ1n) is 7.83. The smallest absolute Gasteiger partial charge is 0.342 e. The number of hydrogen-bond donors (Lipinski definition) is 1. The second-order valence-corrected chi connectivity index (χ2v) is 6.50. The highest BCUT2D eigenvalue weighted by Crippen LogP contribution is 2.20. The summed E-state index contributed by atoms with van der Waals surface area (Å²) in [5.74, 6) is -0.0194. The molecule has 126 valence electrons. The lowest BCUT2D eigenvalue weighted by Gasteiger charge is -2.07. The van der Waals surface area contributed by atoms with Crippen molar-refractivity contribution in [3.8, 4) is 0 Å². The highest BCUT2D eigenvalue weighted by Gasteiger charge is 2.18. The molecule has 0 saturated carbocycles. The molecule has 0 unspecified atom stereocenters.